The Labute approximate surface area is 219 Å². The summed E-state index contributed by atoms with van der Waals surface area (Å²) < 4.78 is 7.02. The fourth-order valence-electron chi connectivity index (χ4n) is 5.34. The molecule has 0 bridgehead atoms. The highest BCUT2D eigenvalue weighted by molar-refractivity contribution is 6.45. The number of ketones is 1. The zero-order valence-electron chi connectivity index (χ0n) is 21.3. The van der Waals surface area contributed by atoms with Gasteiger partial charge in [-0.15, -0.1) is 0 Å². The van der Waals surface area contributed by atoms with Gasteiger partial charge in [0.1, 0.15) is 23.7 Å². The summed E-state index contributed by atoms with van der Waals surface area (Å²) in [6, 6.07) is 10.3. The monoisotopic (exact) mass is 512 g/mol. The zero-order valence-corrected chi connectivity index (χ0v) is 21.3. The number of H-pyrrole nitrogens is 1. The number of nitrogens with zero attached hydrogens (tertiary/aromatic N) is 7. The first-order valence-corrected chi connectivity index (χ1v) is 12.7. The molecule has 6 rings (SSSR count). The topological polar surface area (TPSA) is 122 Å². The molecule has 0 saturated carbocycles. The number of amides is 1. The highest BCUT2D eigenvalue weighted by Gasteiger charge is 2.34. The van der Waals surface area contributed by atoms with Crippen LogP contribution in [0.2, 0.25) is 0 Å². The van der Waals surface area contributed by atoms with Crippen molar-refractivity contribution < 1.29 is 14.3 Å². The smallest absolute Gasteiger partial charge is 0.295 e. The third-order valence-corrected chi connectivity index (χ3v) is 7.23. The van der Waals surface area contributed by atoms with Crippen LogP contribution in [-0.4, -0.2) is 80.4 Å². The number of fused-ring (bicyclic) bond motifs is 1. The number of nitrogens with one attached hydrogen (secondary N) is 1. The van der Waals surface area contributed by atoms with Crippen LogP contribution >= 0.6 is 0 Å². The van der Waals surface area contributed by atoms with Crippen LogP contribution in [0.15, 0.2) is 54.0 Å². The van der Waals surface area contributed by atoms with Gasteiger partial charge in [-0.25, -0.2) is 14.6 Å². The number of pyridine rings is 1. The van der Waals surface area contributed by atoms with Gasteiger partial charge in [-0.3, -0.25) is 14.6 Å². The van der Waals surface area contributed by atoms with Crippen LogP contribution in [0.25, 0.3) is 16.7 Å². The van der Waals surface area contributed by atoms with Gasteiger partial charge >= 0.3 is 0 Å². The average molecular weight is 513 g/mol. The number of Topliss-reactive ketones (excluding diaryl/α,β-unsaturated/α-hetero) is 1. The molecule has 0 radical (unpaired) electrons. The summed E-state index contributed by atoms with van der Waals surface area (Å²) in [7, 11) is 1.51. The second-order valence-electron chi connectivity index (χ2n) is 9.46. The lowest BCUT2D eigenvalue weighted by Crippen LogP contribution is -2.45. The average Bonchev–Trinajstić information content (AvgIpc) is 3.72. The normalized spacial score (nSPS) is 16.2. The molecule has 2 aliphatic rings. The third kappa shape index (κ3) is 4.09. The van der Waals surface area contributed by atoms with Crippen LogP contribution in [0.3, 0.4) is 0 Å². The van der Waals surface area contributed by atoms with Crippen LogP contribution in [-0.2, 0) is 4.79 Å². The second-order valence-corrected chi connectivity index (χ2v) is 9.46. The van der Waals surface area contributed by atoms with Gasteiger partial charge in [0.15, 0.2) is 5.82 Å². The molecule has 0 unspecified atom stereocenters. The minimum absolute atomic E-state index is 0.250. The van der Waals surface area contributed by atoms with Crippen LogP contribution in [0.1, 0.15) is 29.0 Å². The van der Waals surface area contributed by atoms with Crippen LogP contribution in [0.5, 0.6) is 5.75 Å². The van der Waals surface area contributed by atoms with Gasteiger partial charge in [-0.1, -0.05) is 18.2 Å². The summed E-state index contributed by atoms with van der Waals surface area (Å²) in [6.45, 7) is 4.42. The van der Waals surface area contributed by atoms with Gasteiger partial charge in [-0.05, 0) is 31.9 Å². The molecule has 0 aliphatic carbocycles. The molecule has 1 amide bonds. The Balaban J connectivity index is 1.20. The van der Waals surface area contributed by atoms with E-state index in [0.717, 1.165) is 37.5 Å². The lowest BCUT2D eigenvalue weighted by atomic mass is 9.94. The van der Waals surface area contributed by atoms with Crippen molar-refractivity contribution in [2.45, 2.75) is 19.8 Å². The van der Waals surface area contributed by atoms with E-state index in [2.05, 4.69) is 37.1 Å². The van der Waals surface area contributed by atoms with Gasteiger partial charge in [-0.2, -0.15) is 5.10 Å². The van der Waals surface area contributed by atoms with Crippen molar-refractivity contribution in [1.82, 2.24) is 29.6 Å². The Morgan fingerprint density at radius 2 is 1.87 bits per heavy atom. The number of piperidine rings is 1. The van der Waals surface area contributed by atoms with Gasteiger partial charge in [0.25, 0.3) is 11.7 Å². The first-order chi connectivity index (χ1) is 18.5. The lowest BCUT2D eigenvalue weighted by molar-refractivity contribution is -0.127. The van der Waals surface area contributed by atoms with Crippen LogP contribution < -0.4 is 9.64 Å². The minimum Gasteiger partial charge on any atom is -0.494 e. The number of aromatic amines is 1. The Morgan fingerprint density at radius 3 is 2.58 bits per heavy atom. The second kappa shape index (κ2) is 9.73. The fourth-order valence-corrected chi connectivity index (χ4v) is 5.34. The van der Waals surface area contributed by atoms with E-state index in [1.165, 1.54) is 18.0 Å². The quantitative estimate of drug-likeness (QED) is 0.311. The first kappa shape index (κ1) is 23.8. The van der Waals surface area contributed by atoms with Gasteiger partial charge in [0.05, 0.1) is 36.3 Å². The number of aliphatic imine (C=N–C) groups is 1. The summed E-state index contributed by atoms with van der Waals surface area (Å²) >= 11 is 0. The molecule has 1 aromatic carbocycles. The third-order valence-electron chi connectivity index (χ3n) is 7.23. The molecular weight excluding hydrogens is 484 g/mol. The molecule has 38 heavy (non-hydrogen) atoms. The van der Waals surface area contributed by atoms with E-state index in [1.807, 2.05) is 18.2 Å². The number of hydrogen-bond acceptors (Lipinski definition) is 8. The number of ether oxygens (including phenoxy) is 1. The lowest BCUT2D eigenvalue weighted by Gasteiger charge is -2.34. The number of likely N-dealkylation sites (tertiary alicyclic amines) is 1. The number of benzene rings is 1. The highest BCUT2D eigenvalue weighted by atomic mass is 16.5. The zero-order chi connectivity index (χ0) is 26.2. The maximum atomic E-state index is 13.5. The molecular formula is C27H28N8O3. The predicted octanol–water partition coefficient (Wildman–Crippen LogP) is 2.80. The van der Waals surface area contributed by atoms with E-state index in [4.69, 9.17) is 9.73 Å². The number of carbonyl (C=O) groups is 2. The summed E-state index contributed by atoms with van der Waals surface area (Å²) in [6.07, 6.45) is 6.14. The largest absolute Gasteiger partial charge is 0.494 e. The fraction of sp³-hybridized carbons (Fsp3) is 0.333. The Bertz CT molecular complexity index is 1530. The maximum absolute atomic E-state index is 13.5. The Morgan fingerprint density at radius 1 is 1.08 bits per heavy atom. The molecule has 0 spiro atoms. The number of aryl methyl sites for hydroxylation is 1. The van der Waals surface area contributed by atoms with Gasteiger partial charge in [0.2, 0.25) is 0 Å². The molecule has 5 heterocycles. The highest BCUT2D eigenvalue weighted by Crippen LogP contribution is 2.32. The maximum Gasteiger partial charge on any atom is 0.295 e. The number of para-hydroxylation sites is 1. The molecule has 2 aliphatic heterocycles. The summed E-state index contributed by atoms with van der Waals surface area (Å²) in [5, 5.41) is 4.82. The molecule has 1 fully saturated rings. The molecule has 11 heteroatoms. The Hall–Kier alpha value is -4.54. The van der Waals surface area contributed by atoms with Crippen molar-refractivity contribution >= 4 is 34.1 Å². The summed E-state index contributed by atoms with van der Waals surface area (Å²) in [5.74, 6) is 1.70. The van der Waals surface area contributed by atoms with Crippen molar-refractivity contribution in [3.05, 3.63) is 60.4 Å². The van der Waals surface area contributed by atoms with E-state index in [-0.39, 0.29) is 11.5 Å². The van der Waals surface area contributed by atoms with Crippen molar-refractivity contribution in [2.75, 3.05) is 38.2 Å². The van der Waals surface area contributed by atoms with E-state index in [0.29, 0.717) is 41.4 Å². The molecule has 1 saturated heterocycles. The van der Waals surface area contributed by atoms with Crippen molar-refractivity contribution in [3.63, 3.8) is 0 Å². The van der Waals surface area contributed by atoms with Gasteiger partial charge < -0.3 is 19.5 Å². The molecule has 0 atom stereocenters. The SMILES string of the molecule is COc1cnc(-n2cnc(C)n2)c2[nH]cc(C(=O)C(=O)N3CCC(C4=NCCN4c4ccccc4)CC3)c12. The van der Waals surface area contributed by atoms with Crippen LogP contribution in [0, 0.1) is 12.8 Å². The Kier molecular flexibility index (Phi) is 6.10. The van der Waals surface area contributed by atoms with E-state index in [9.17, 15) is 9.59 Å². The number of hydrogen-bond donors (Lipinski definition) is 1. The minimum atomic E-state index is -0.580. The number of aromatic nitrogens is 5. The molecule has 194 valence electrons. The van der Waals surface area contributed by atoms with Crippen molar-refractivity contribution in [3.8, 4) is 11.6 Å². The van der Waals surface area contributed by atoms with Gasteiger partial charge in [0, 0.05) is 37.4 Å². The molecule has 1 N–H and O–H groups in total. The van der Waals surface area contributed by atoms with Crippen molar-refractivity contribution in [1.29, 1.82) is 0 Å². The number of anilines is 1. The van der Waals surface area contributed by atoms with Crippen LogP contribution in [0.4, 0.5) is 5.69 Å². The first-order valence-electron chi connectivity index (χ1n) is 12.7. The molecule has 3 aromatic heterocycles. The number of methoxy groups -OCH3 is 1. The standard InChI is InChI=1S/C27H28N8O3/c1-17-31-16-35(32-17)26-23-22(21(38-2)15-30-26)20(14-29-23)24(36)27(37)33-11-8-18(9-12-33)25-28-10-13-34(25)19-6-4-3-5-7-19/h3-7,14-16,18,29H,8-13H2,1-2H3. The van der Waals surface area contributed by atoms with E-state index < -0.39 is 11.7 Å². The molecule has 4 aromatic rings. The number of carbonyl (C=O) groups excluding carboxylic acids is 2. The summed E-state index contributed by atoms with van der Waals surface area (Å²) in [4.78, 5) is 47.2. The molecule has 11 nitrogen and oxygen atoms in total. The number of amidine groups is 1. The summed E-state index contributed by atoms with van der Waals surface area (Å²) in [5.41, 5.74) is 1.94. The van der Waals surface area contributed by atoms with Crippen molar-refractivity contribution in [2.24, 2.45) is 10.9 Å². The van der Waals surface area contributed by atoms with E-state index >= 15 is 0 Å². The number of rotatable bonds is 6. The van der Waals surface area contributed by atoms with E-state index in [1.54, 1.807) is 24.3 Å². The predicted molar refractivity (Wildman–Crippen MR) is 142 cm³/mol.